The van der Waals surface area contributed by atoms with Crippen LogP contribution in [-0.4, -0.2) is 38.2 Å². The summed E-state index contributed by atoms with van der Waals surface area (Å²) in [5, 5.41) is 0. The van der Waals surface area contributed by atoms with Crippen molar-refractivity contribution < 1.29 is 9.47 Å². The summed E-state index contributed by atoms with van der Waals surface area (Å²) < 4.78 is 10.6. The van der Waals surface area contributed by atoms with Gasteiger partial charge in [-0.15, -0.1) is 23.2 Å². The van der Waals surface area contributed by atoms with Gasteiger partial charge < -0.3 is 9.47 Å². The lowest BCUT2D eigenvalue weighted by Gasteiger charge is -2.11. The maximum absolute atomic E-state index is 5.48. The van der Waals surface area contributed by atoms with E-state index in [2.05, 4.69) is 6.92 Å². The molecule has 0 aromatic rings. The second kappa shape index (κ2) is 11.6. The third-order valence-electron chi connectivity index (χ3n) is 1.95. The van der Waals surface area contributed by atoms with Crippen LogP contribution in [0, 0.1) is 5.92 Å². The fourth-order valence-electron chi connectivity index (χ4n) is 1.03. The van der Waals surface area contributed by atoms with Crippen molar-refractivity contribution in [3.05, 3.63) is 0 Å². The van der Waals surface area contributed by atoms with Gasteiger partial charge in [0.15, 0.2) is 0 Å². The quantitative estimate of drug-likeness (QED) is 0.434. The molecule has 0 saturated carbocycles. The molecule has 0 aromatic heterocycles. The van der Waals surface area contributed by atoms with Crippen LogP contribution < -0.4 is 0 Å². The van der Waals surface area contributed by atoms with Gasteiger partial charge in [-0.25, -0.2) is 0 Å². The number of hydrogen-bond acceptors (Lipinski definition) is 2. The van der Waals surface area contributed by atoms with Crippen molar-refractivity contribution in [1.29, 1.82) is 0 Å². The van der Waals surface area contributed by atoms with Gasteiger partial charge in [0.1, 0.15) is 0 Å². The summed E-state index contributed by atoms with van der Waals surface area (Å²) in [6.45, 7) is 5.09. The Kier molecular flexibility index (Phi) is 12.0. The molecule has 14 heavy (non-hydrogen) atoms. The van der Waals surface area contributed by atoms with Gasteiger partial charge in [0, 0.05) is 25.0 Å². The summed E-state index contributed by atoms with van der Waals surface area (Å²) in [4.78, 5) is 0. The van der Waals surface area contributed by atoms with Gasteiger partial charge >= 0.3 is 0 Å². The van der Waals surface area contributed by atoms with E-state index in [1.807, 2.05) is 0 Å². The van der Waals surface area contributed by atoms with E-state index in [0.717, 1.165) is 26.1 Å². The lowest BCUT2D eigenvalue weighted by Crippen LogP contribution is -2.07. The minimum atomic E-state index is 0.577. The van der Waals surface area contributed by atoms with E-state index in [1.165, 1.54) is 0 Å². The van der Waals surface area contributed by atoms with Crippen LogP contribution in [0.25, 0.3) is 0 Å². The fourth-order valence-corrected chi connectivity index (χ4v) is 1.24. The monoisotopic (exact) mass is 242 g/mol. The Balaban J connectivity index is 3.07. The van der Waals surface area contributed by atoms with E-state index in [9.17, 15) is 0 Å². The van der Waals surface area contributed by atoms with Crippen molar-refractivity contribution in [3.63, 3.8) is 0 Å². The highest BCUT2D eigenvalue weighted by atomic mass is 35.5. The van der Waals surface area contributed by atoms with E-state index in [0.29, 0.717) is 30.9 Å². The number of alkyl halides is 2. The predicted molar refractivity (Wildman–Crippen MR) is 61.5 cm³/mol. The van der Waals surface area contributed by atoms with Crippen LogP contribution in [0.2, 0.25) is 0 Å². The average Bonchev–Trinajstić information content (AvgIpc) is 2.19. The van der Waals surface area contributed by atoms with Gasteiger partial charge in [0.2, 0.25) is 0 Å². The van der Waals surface area contributed by atoms with Crippen molar-refractivity contribution in [2.75, 3.05) is 38.2 Å². The molecule has 0 unspecified atom stereocenters. The molecule has 0 N–H and O–H groups in total. The molecule has 0 bridgehead atoms. The van der Waals surface area contributed by atoms with Crippen molar-refractivity contribution in [2.24, 2.45) is 5.92 Å². The molecule has 0 amide bonds. The maximum Gasteiger partial charge on any atom is 0.0601 e. The zero-order valence-electron chi connectivity index (χ0n) is 8.81. The first-order chi connectivity index (χ1) is 6.81. The Morgan fingerprint density at radius 3 is 1.64 bits per heavy atom. The SMILES string of the molecule is CC(CCOCCCl)CCOCCCl. The van der Waals surface area contributed by atoms with Crippen LogP contribution in [0.4, 0.5) is 0 Å². The molecule has 0 aliphatic heterocycles. The van der Waals surface area contributed by atoms with Crippen LogP contribution in [-0.2, 0) is 9.47 Å². The first-order valence-corrected chi connectivity index (χ1v) is 6.15. The number of rotatable bonds is 10. The molecule has 4 heteroatoms. The number of halogens is 2. The van der Waals surface area contributed by atoms with Crippen LogP contribution in [0.1, 0.15) is 19.8 Å². The highest BCUT2D eigenvalue weighted by molar-refractivity contribution is 6.18. The standard InChI is InChI=1S/C10H20Cl2O2/c1-10(2-6-13-8-4-11)3-7-14-9-5-12/h10H,2-9H2,1H3. The third-order valence-corrected chi connectivity index (χ3v) is 2.26. The van der Waals surface area contributed by atoms with E-state index in [1.54, 1.807) is 0 Å². The number of ether oxygens (including phenoxy) is 2. The summed E-state index contributed by atoms with van der Waals surface area (Å²) in [6, 6.07) is 0. The lowest BCUT2D eigenvalue weighted by atomic mass is 10.1. The van der Waals surface area contributed by atoms with Crippen LogP contribution in [0.5, 0.6) is 0 Å². The topological polar surface area (TPSA) is 18.5 Å². The molecule has 2 nitrogen and oxygen atoms in total. The molecule has 86 valence electrons. The molecule has 0 aliphatic rings. The van der Waals surface area contributed by atoms with Crippen molar-refractivity contribution >= 4 is 23.2 Å². The van der Waals surface area contributed by atoms with Gasteiger partial charge in [-0.3, -0.25) is 0 Å². The van der Waals surface area contributed by atoms with Gasteiger partial charge in [-0.05, 0) is 18.8 Å². The minimum Gasteiger partial charge on any atom is -0.380 e. The van der Waals surface area contributed by atoms with Crippen LogP contribution >= 0.6 is 23.2 Å². The maximum atomic E-state index is 5.48. The molecule has 0 heterocycles. The Morgan fingerprint density at radius 1 is 0.857 bits per heavy atom. The molecule has 0 atom stereocenters. The molecular weight excluding hydrogens is 223 g/mol. The highest BCUT2D eigenvalue weighted by Crippen LogP contribution is 2.07. The zero-order valence-corrected chi connectivity index (χ0v) is 10.3. The van der Waals surface area contributed by atoms with Gasteiger partial charge in [-0.1, -0.05) is 6.92 Å². The van der Waals surface area contributed by atoms with Gasteiger partial charge in [0.05, 0.1) is 13.2 Å². The van der Waals surface area contributed by atoms with Crippen molar-refractivity contribution in [2.45, 2.75) is 19.8 Å². The highest BCUT2D eigenvalue weighted by Gasteiger charge is 2.01. The molecule has 0 spiro atoms. The summed E-state index contributed by atoms with van der Waals surface area (Å²) in [7, 11) is 0. The van der Waals surface area contributed by atoms with Gasteiger partial charge in [-0.2, -0.15) is 0 Å². The van der Waals surface area contributed by atoms with Crippen molar-refractivity contribution in [3.8, 4) is 0 Å². The smallest absolute Gasteiger partial charge is 0.0601 e. The summed E-state index contributed by atoms with van der Waals surface area (Å²) >= 11 is 11.0. The largest absolute Gasteiger partial charge is 0.380 e. The van der Waals surface area contributed by atoms with E-state index < -0.39 is 0 Å². The first kappa shape index (κ1) is 14.5. The normalized spacial score (nSPS) is 11.1. The Morgan fingerprint density at radius 2 is 1.29 bits per heavy atom. The molecule has 0 aliphatic carbocycles. The van der Waals surface area contributed by atoms with E-state index >= 15 is 0 Å². The molecular formula is C10H20Cl2O2. The minimum absolute atomic E-state index is 0.577. The van der Waals surface area contributed by atoms with E-state index in [-0.39, 0.29) is 0 Å². The van der Waals surface area contributed by atoms with Gasteiger partial charge in [0.25, 0.3) is 0 Å². The van der Waals surface area contributed by atoms with E-state index in [4.69, 9.17) is 32.7 Å². The van der Waals surface area contributed by atoms with Crippen LogP contribution in [0.3, 0.4) is 0 Å². The molecule has 0 saturated heterocycles. The predicted octanol–water partition coefficient (Wildman–Crippen LogP) is 2.91. The molecule has 0 aromatic carbocycles. The Bertz CT molecular complexity index is 100. The zero-order chi connectivity index (χ0) is 10.6. The second-order valence-corrected chi connectivity index (χ2v) is 4.04. The number of hydrogen-bond donors (Lipinski definition) is 0. The molecule has 0 radical (unpaired) electrons. The summed E-state index contributed by atoms with van der Waals surface area (Å²) in [5.74, 6) is 1.79. The second-order valence-electron chi connectivity index (χ2n) is 3.29. The summed E-state index contributed by atoms with van der Waals surface area (Å²) in [5.41, 5.74) is 0. The summed E-state index contributed by atoms with van der Waals surface area (Å²) in [6.07, 6.45) is 2.14. The fraction of sp³-hybridized carbons (Fsp3) is 1.00. The lowest BCUT2D eigenvalue weighted by molar-refractivity contribution is 0.112. The molecule has 0 fully saturated rings. The van der Waals surface area contributed by atoms with Crippen LogP contribution in [0.15, 0.2) is 0 Å². The average molecular weight is 243 g/mol. The Labute approximate surface area is 96.9 Å². The Hall–Kier alpha value is 0.500. The third kappa shape index (κ3) is 10.6. The molecule has 0 rings (SSSR count). The first-order valence-electron chi connectivity index (χ1n) is 5.08. The van der Waals surface area contributed by atoms with Crippen molar-refractivity contribution in [1.82, 2.24) is 0 Å².